The van der Waals surface area contributed by atoms with E-state index in [0.29, 0.717) is 0 Å². The van der Waals surface area contributed by atoms with Crippen LogP contribution in [0.25, 0.3) is 0 Å². The van der Waals surface area contributed by atoms with Crippen molar-refractivity contribution in [1.29, 1.82) is 0 Å². The van der Waals surface area contributed by atoms with Gasteiger partial charge in [-0.3, -0.25) is 0 Å². The Morgan fingerprint density at radius 3 is 2.56 bits per heavy atom. The van der Waals surface area contributed by atoms with Crippen LogP contribution >= 0.6 is 0 Å². The maximum atomic E-state index is 13.5. The van der Waals surface area contributed by atoms with E-state index in [0.717, 1.165) is 0 Å². The van der Waals surface area contributed by atoms with Gasteiger partial charge in [0.1, 0.15) is 11.6 Å². The molecule has 0 aliphatic carbocycles. The fourth-order valence-corrected chi connectivity index (χ4v) is 1.36. The molecule has 0 aliphatic heterocycles. The van der Waals surface area contributed by atoms with Gasteiger partial charge in [0.15, 0.2) is 0 Å². The molecule has 0 heterocycles. The van der Waals surface area contributed by atoms with Crippen molar-refractivity contribution in [1.82, 2.24) is 0 Å². The van der Waals surface area contributed by atoms with Crippen LogP contribution in [-0.4, -0.2) is 19.1 Å². The summed E-state index contributed by atoms with van der Waals surface area (Å²) in [5.41, 5.74) is 3.72. The number of benzene rings is 1. The third-order valence-corrected chi connectivity index (χ3v) is 2.35. The zero-order valence-electron chi connectivity index (χ0n) is 9.14. The molecule has 2 N–H and O–H groups in total. The Morgan fingerprint density at radius 2 is 2.06 bits per heavy atom. The van der Waals surface area contributed by atoms with E-state index in [1.807, 2.05) is 0 Å². The molecule has 0 saturated heterocycles. The van der Waals surface area contributed by atoms with Crippen molar-refractivity contribution < 1.29 is 17.9 Å². The Kier molecular flexibility index (Phi) is 3.80. The zero-order valence-corrected chi connectivity index (χ0v) is 9.14. The first-order chi connectivity index (χ1) is 7.38. The summed E-state index contributed by atoms with van der Waals surface area (Å²) in [7, 11) is 1.36. The molecule has 2 nitrogen and oxygen atoms in total. The summed E-state index contributed by atoms with van der Waals surface area (Å²) in [6.07, 6.45) is -3.00. The molecular formula is C11H14F3NO. The Hall–Kier alpha value is -1.23. The number of halogens is 3. The maximum Gasteiger partial charge on any atom is 0.256 e. The first kappa shape index (κ1) is 12.8. The third kappa shape index (κ3) is 2.66. The molecule has 0 saturated carbocycles. The number of ether oxygens (including phenoxy) is 1. The van der Waals surface area contributed by atoms with Crippen LogP contribution < -0.4 is 10.5 Å². The summed E-state index contributed by atoms with van der Waals surface area (Å²) in [5, 5.41) is 0. The monoisotopic (exact) mass is 233 g/mol. The Balaban J connectivity index is 3.05. The standard InChI is InChI=1S/C11H14F3NO/c1-11(15,10(13)14)6-7-8(12)4-3-5-9(7)16-2/h3-5,10H,6,15H2,1-2H3. The molecular weight excluding hydrogens is 219 g/mol. The van der Waals surface area contributed by atoms with Gasteiger partial charge >= 0.3 is 0 Å². The Bertz CT molecular complexity index is 366. The van der Waals surface area contributed by atoms with Crippen molar-refractivity contribution in [3.63, 3.8) is 0 Å². The second-order valence-electron chi connectivity index (χ2n) is 3.90. The van der Waals surface area contributed by atoms with Gasteiger partial charge in [0.25, 0.3) is 6.43 Å². The van der Waals surface area contributed by atoms with Crippen LogP contribution in [0.3, 0.4) is 0 Å². The number of hydrogen-bond acceptors (Lipinski definition) is 2. The minimum absolute atomic E-state index is 0.0790. The van der Waals surface area contributed by atoms with Crippen molar-refractivity contribution >= 4 is 0 Å². The van der Waals surface area contributed by atoms with Gasteiger partial charge < -0.3 is 10.5 Å². The number of rotatable bonds is 4. The molecule has 1 unspecified atom stereocenters. The lowest BCUT2D eigenvalue weighted by atomic mass is 9.93. The molecule has 5 heteroatoms. The van der Waals surface area contributed by atoms with E-state index in [1.54, 1.807) is 0 Å². The van der Waals surface area contributed by atoms with Gasteiger partial charge in [0.05, 0.1) is 12.6 Å². The SMILES string of the molecule is COc1cccc(F)c1CC(C)(N)C(F)F. The largest absolute Gasteiger partial charge is 0.496 e. The van der Waals surface area contributed by atoms with E-state index in [1.165, 1.54) is 32.2 Å². The number of nitrogens with two attached hydrogens (primary N) is 1. The van der Waals surface area contributed by atoms with E-state index in [9.17, 15) is 13.2 Å². The van der Waals surface area contributed by atoms with Gasteiger partial charge in [-0.15, -0.1) is 0 Å². The lowest BCUT2D eigenvalue weighted by Gasteiger charge is -2.24. The van der Waals surface area contributed by atoms with E-state index in [2.05, 4.69) is 0 Å². The van der Waals surface area contributed by atoms with Crippen molar-refractivity contribution in [2.75, 3.05) is 7.11 Å². The fraction of sp³-hybridized carbons (Fsp3) is 0.455. The number of hydrogen-bond donors (Lipinski definition) is 1. The van der Waals surface area contributed by atoms with Gasteiger partial charge in [-0.05, 0) is 19.1 Å². The zero-order chi connectivity index (χ0) is 12.3. The quantitative estimate of drug-likeness (QED) is 0.866. The van der Waals surface area contributed by atoms with E-state index in [4.69, 9.17) is 10.5 Å². The topological polar surface area (TPSA) is 35.2 Å². The molecule has 0 aromatic heterocycles. The number of alkyl halides is 2. The second kappa shape index (κ2) is 4.74. The Labute approximate surface area is 92.2 Å². The summed E-state index contributed by atoms with van der Waals surface area (Å²) >= 11 is 0. The van der Waals surface area contributed by atoms with Crippen LogP contribution in [0.1, 0.15) is 12.5 Å². The molecule has 1 atom stereocenters. The first-order valence-corrected chi connectivity index (χ1v) is 4.77. The van der Waals surface area contributed by atoms with E-state index >= 15 is 0 Å². The molecule has 0 amide bonds. The second-order valence-corrected chi connectivity index (χ2v) is 3.90. The maximum absolute atomic E-state index is 13.5. The van der Waals surface area contributed by atoms with Crippen molar-refractivity contribution in [2.24, 2.45) is 5.73 Å². The van der Waals surface area contributed by atoms with Crippen LogP contribution in [0.4, 0.5) is 13.2 Å². The van der Waals surface area contributed by atoms with Crippen molar-refractivity contribution in [3.8, 4) is 5.75 Å². The lowest BCUT2D eigenvalue weighted by molar-refractivity contribution is 0.0631. The van der Waals surface area contributed by atoms with Crippen LogP contribution in [-0.2, 0) is 6.42 Å². The highest BCUT2D eigenvalue weighted by atomic mass is 19.3. The highest BCUT2D eigenvalue weighted by Gasteiger charge is 2.32. The molecule has 0 bridgehead atoms. The van der Waals surface area contributed by atoms with Crippen LogP contribution in [0.5, 0.6) is 5.75 Å². The summed E-state index contributed by atoms with van der Waals surface area (Å²) in [6, 6.07) is 4.16. The molecule has 90 valence electrons. The van der Waals surface area contributed by atoms with Crippen molar-refractivity contribution in [2.45, 2.75) is 25.3 Å². The van der Waals surface area contributed by atoms with Gasteiger partial charge in [-0.2, -0.15) is 0 Å². The minimum atomic E-state index is -2.73. The van der Waals surface area contributed by atoms with E-state index < -0.39 is 17.8 Å². The molecule has 1 aromatic rings. The molecule has 0 spiro atoms. The smallest absolute Gasteiger partial charge is 0.256 e. The lowest BCUT2D eigenvalue weighted by Crippen LogP contribution is -2.46. The average Bonchev–Trinajstić information content (AvgIpc) is 2.20. The molecule has 0 fully saturated rings. The molecule has 1 aromatic carbocycles. The predicted molar refractivity (Wildman–Crippen MR) is 55.3 cm³/mol. The molecule has 0 radical (unpaired) electrons. The van der Waals surface area contributed by atoms with E-state index in [-0.39, 0.29) is 17.7 Å². The minimum Gasteiger partial charge on any atom is -0.496 e. The molecule has 1 rings (SSSR count). The highest BCUT2D eigenvalue weighted by Crippen LogP contribution is 2.27. The van der Waals surface area contributed by atoms with Crippen LogP contribution in [0.15, 0.2) is 18.2 Å². The third-order valence-electron chi connectivity index (χ3n) is 2.35. The summed E-state index contributed by atoms with van der Waals surface area (Å²) < 4.78 is 43.5. The highest BCUT2D eigenvalue weighted by molar-refractivity contribution is 5.36. The van der Waals surface area contributed by atoms with Crippen LogP contribution in [0.2, 0.25) is 0 Å². The van der Waals surface area contributed by atoms with Gasteiger partial charge in [-0.1, -0.05) is 6.07 Å². The van der Waals surface area contributed by atoms with Gasteiger partial charge in [-0.25, -0.2) is 13.2 Å². The van der Waals surface area contributed by atoms with Gasteiger partial charge in [0, 0.05) is 12.0 Å². The molecule has 16 heavy (non-hydrogen) atoms. The summed E-state index contributed by atoms with van der Waals surface area (Å²) in [5.74, 6) is -0.353. The predicted octanol–water partition coefficient (Wildman–Crippen LogP) is 2.36. The average molecular weight is 233 g/mol. The Morgan fingerprint density at radius 1 is 1.44 bits per heavy atom. The van der Waals surface area contributed by atoms with Gasteiger partial charge in [0.2, 0.25) is 0 Å². The first-order valence-electron chi connectivity index (χ1n) is 4.77. The summed E-state index contributed by atoms with van der Waals surface area (Å²) in [4.78, 5) is 0. The van der Waals surface area contributed by atoms with Crippen LogP contribution in [0, 0.1) is 5.82 Å². The number of methoxy groups -OCH3 is 1. The fourth-order valence-electron chi connectivity index (χ4n) is 1.36. The van der Waals surface area contributed by atoms with Crippen molar-refractivity contribution in [3.05, 3.63) is 29.6 Å². The molecule has 0 aliphatic rings. The summed E-state index contributed by atoms with van der Waals surface area (Å²) in [6.45, 7) is 1.18. The normalized spacial score (nSPS) is 14.9.